The average molecular weight is 330 g/mol. The van der Waals surface area contributed by atoms with Crippen LogP contribution in [0.15, 0.2) is 18.2 Å². The lowest BCUT2D eigenvalue weighted by Crippen LogP contribution is -2.46. The van der Waals surface area contributed by atoms with Crippen LogP contribution in [0.4, 0.5) is 10.1 Å². The van der Waals surface area contributed by atoms with Crippen LogP contribution in [-0.2, 0) is 4.79 Å². The van der Waals surface area contributed by atoms with Crippen molar-refractivity contribution in [3.8, 4) is 0 Å². The van der Waals surface area contributed by atoms with E-state index in [1.807, 2.05) is 0 Å². The lowest BCUT2D eigenvalue weighted by molar-refractivity contribution is -0.114. The van der Waals surface area contributed by atoms with Gasteiger partial charge in [-0.2, -0.15) is 0 Å². The molecule has 5 nitrogen and oxygen atoms in total. The fraction of sp³-hybridized carbons (Fsp3) is 0.467. The van der Waals surface area contributed by atoms with Crippen molar-refractivity contribution in [1.29, 1.82) is 0 Å². The molecule has 0 saturated carbocycles. The third kappa shape index (κ3) is 4.96. The van der Waals surface area contributed by atoms with Gasteiger partial charge < -0.3 is 16.0 Å². The molecule has 1 heterocycles. The Bertz CT molecular complexity index is 554. The summed E-state index contributed by atoms with van der Waals surface area (Å²) in [6, 6.07) is 4.35. The number of nitrogens with one attached hydrogen (secondary N) is 3. The lowest BCUT2D eigenvalue weighted by atomic mass is 10.00. The molecule has 2 amide bonds. The second-order valence-electron chi connectivity index (χ2n) is 5.43. The van der Waals surface area contributed by atoms with Gasteiger partial charge in [0.2, 0.25) is 5.91 Å². The predicted octanol–water partition coefficient (Wildman–Crippen LogP) is 2.08. The maximum absolute atomic E-state index is 13.8. The van der Waals surface area contributed by atoms with Gasteiger partial charge in [-0.15, -0.1) is 12.4 Å². The lowest BCUT2D eigenvalue weighted by Gasteiger charge is -2.28. The van der Waals surface area contributed by atoms with Crippen LogP contribution in [0.25, 0.3) is 0 Å². The minimum absolute atomic E-state index is 0. The number of hydrogen-bond acceptors (Lipinski definition) is 3. The quantitative estimate of drug-likeness (QED) is 0.795. The molecule has 0 aliphatic carbocycles. The van der Waals surface area contributed by atoms with Crippen molar-refractivity contribution < 1.29 is 14.0 Å². The van der Waals surface area contributed by atoms with Crippen molar-refractivity contribution in [2.24, 2.45) is 0 Å². The van der Waals surface area contributed by atoms with E-state index >= 15 is 0 Å². The Kier molecular flexibility index (Phi) is 6.77. The smallest absolute Gasteiger partial charge is 0.254 e. The molecular formula is C15H21ClFN3O2. The van der Waals surface area contributed by atoms with Gasteiger partial charge in [0.25, 0.3) is 5.91 Å². The van der Waals surface area contributed by atoms with Crippen molar-refractivity contribution in [1.82, 2.24) is 10.6 Å². The average Bonchev–Trinajstić information content (AvgIpc) is 2.40. The number of anilines is 1. The molecule has 122 valence electrons. The van der Waals surface area contributed by atoms with Gasteiger partial charge in [0, 0.05) is 24.7 Å². The number of halogens is 2. The van der Waals surface area contributed by atoms with Gasteiger partial charge in [-0.1, -0.05) is 0 Å². The molecule has 2 atom stereocenters. The fourth-order valence-electron chi connectivity index (χ4n) is 2.51. The molecule has 0 radical (unpaired) electrons. The van der Waals surface area contributed by atoms with Gasteiger partial charge in [0.05, 0.1) is 5.56 Å². The SMILES string of the molecule is CC(=O)Nc1ccc(F)c(C(=O)NC2CCNC(C)C2)c1.Cl. The summed E-state index contributed by atoms with van der Waals surface area (Å²) in [7, 11) is 0. The number of piperidine rings is 1. The molecule has 1 saturated heterocycles. The molecular weight excluding hydrogens is 309 g/mol. The minimum Gasteiger partial charge on any atom is -0.349 e. The van der Waals surface area contributed by atoms with E-state index in [-0.39, 0.29) is 29.9 Å². The van der Waals surface area contributed by atoms with Crippen molar-refractivity contribution in [2.45, 2.75) is 38.8 Å². The predicted molar refractivity (Wildman–Crippen MR) is 85.9 cm³/mol. The van der Waals surface area contributed by atoms with Crippen LogP contribution >= 0.6 is 12.4 Å². The highest BCUT2D eigenvalue weighted by molar-refractivity contribution is 5.97. The molecule has 1 aliphatic rings. The summed E-state index contributed by atoms with van der Waals surface area (Å²) >= 11 is 0. The maximum Gasteiger partial charge on any atom is 0.254 e. The van der Waals surface area contributed by atoms with E-state index in [0.717, 1.165) is 19.4 Å². The van der Waals surface area contributed by atoms with Crippen LogP contribution < -0.4 is 16.0 Å². The molecule has 2 unspecified atom stereocenters. The first-order valence-electron chi connectivity index (χ1n) is 7.07. The van der Waals surface area contributed by atoms with Crippen LogP contribution in [0.1, 0.15) is 37.0 Å². The van der Waals surface area contributed by atoms with E-state index < -0.39 is 11.7 Å². The maximum atomic E-state index is 13.8. The van der Waals surface area contributed by atoms with Gasteiger partial charge in [0.15, 0.2) is 0 Å². The van der Waals surface area contributed by atoms with E-state index in [0.29, 0.717) is 11.7 Å². The Balaban J connectivity index is 0.00000242. The standard InChI is InChI=1S/C15H20FN3O2.ClH/c1-9-7-12(5-6-17-9)19-15(21)13-8-11(18-10(2)20)3-4-14(13)16;/h3-4,8-9,12,17H,5-7H2,1-2H3,(H,18,20)(H,19,21);1H. The molecule has 0 spiro atoms. The van der Waals surface area contributed by atoms with Crippen LogP contribution in [0, 0.1) is 5.82 Å². The molecule has 1 aliphatic heterocycles. The molecule has 1 aromatic rings. The zero-order valence-corrected chi connectivity index (χ0v) is 13.4. The van der Waals surface area contributed by atoms with Crippen LogP contribution in [-0.4, -0.2) is 30.4 Å². The topological polar surface area (TPSA) is 70.2 Å². The zero-order chi connectivity index (χ0) is 15.4. The molecule has 0 aromatic heterocycles. The molecule has 3 N–H and O–H groups in total. The summed E-state index contributed by atoms with van der Waals surface area (Å²) in [6.07, 6.45) is 1.64. The normalized spacial score (nSPS) is 20.7. The number of carbonyl (C=O) groups excluding carboxylic acids is 2. The first-order chi connectivity index (χ1) is 9.95. The highest BCUT2D eigenvalue weighted by Gasteiger charge is 2.22. The number of amides is 2. The van der Waals surface area contributed by atoms with Crippen molar-refractivity contribution in [3.63, 3.8) is 0 Å². The van der Waals surface area contributed by atoms with E-state index in [4.69, 9.17) is 0 Å². The highest BCUT2D eigenvalue weighted by atomic mass is 35.5. The van der Waals surface area contributed by atoms with Gasteiger partial charge in [0.1, 0.15) is 5.82 Å². The van der Waals surface area contributed by atoms with Crippen LogP contribution in [0.3, 0.4) is 0 Å². The molecule has 22 heavy (non-hydrogen) atoms. The van der Waals surface area contributed by atoms with E-state index in [1.54, 1.807) is 0 Å². The first-order valence-corrected chi connectivity index (χ1v) is 7.07. The van der Waals surface area contributed by atoms with E-state index in [2.05, 4.69) is 22.9 Å². The zero-order valence-electron chi connectivity index (χ0n) is 12.6. The Morgan fingerprint density at radius 1 is 1.36 bits per heavy atom. The van der Waals surface area contributed by atoms with Gasteiger partial charge in [-0.3, -0.25) is 9.59 Å². The summed E-state index contributed by atoms with van der Waals surface area (Å²) in [5.74, 6) is -1.30. The second-order valence-corrected chi connectivity index (χ2v) is 5.43. The third-order valence-corrected chi connectivity index (χ3v) is 3.49. The Hall–Kier alpha value is -1.66. The van der Waals surface area contributed by atoms with E-state index in [1.165, 1.54) is 25.1 Å². The van der Waals surface area contributed by atoms with Crippen LogP contribution in [0.5, 0.6) is 0 Å². The molecule has 1 fully saturated rings. The summed E-state index contributed by atoms with van der Waals surface area (Å²) < 4.78 is 13.8. The van der Waals surface area contributed by atoms with Crippen LogP contribution in [0.2, 0.25) is 0 Å². The second kappa shape index (κ2) is 8.10. The number of rotatable bonds is 3. The summed E-state index contributed by atoms with van der Waals surface area (Å²) in [6.45, 7) is 4.25. The number of carbonyl (C=O) groups is 2. The van der Waals surface area contributed by atoms with E-state index in [9.17, 15) is 14.0 Å². The van der Waals surface area contributed by atoms with Gasteiger partial charge >= 0.3 is 0 Å². The van der Waals surface area contributed by atoms with Crippen molar-refractivity contribution in [3.05, 3.63) is 29.6 Å². The Morgan fingerprint density at radius 3 is 2.73 bits per heavy atom. The molecule has 1 aromatic carbocycles. The molecule has 7 heteroatoms. The third-order valence-electron chi connectivity index (χ3n) is 3.49. The van der Waals surface area contributed by atoms with Crippen molar-refractivity contribution >= 4 is 29.9 Å². The Morgan fingerprint density at radius 2 is 2.09 bits per heavy atom. The Labute approximate surface area is 135 Å². The van der Waals surface area contributed by atoms with Gasteiger partial charge in [-0.25, -0.2) is 4.39 Å². The largest absolute Gasteiger partial charge is 0.349 e. The summed E-state index contributed by atoms with van der Waals surface area (Å²) in [5.41, 5.74) is 0.361. The highest BCUT2D eigenvalue weighted by Crippen LogP contribution is 2.16. The first kappa shape index (κ1) is 18.4. The molecule has 0 bridgehead atoms. The van der Waals surface area contributed by atoms with Crippen molar-refractivity contribution in [2.75, 3.05) is 11.9 Å². The molecule has 2 rings (SSSR count). The number of benzene rings is 1. The monoisotopic (exact) mass is 329 g/mol. The fourth-order valence-corrected chi connectivity index (χ4v) is 2.51. The van der Waals surface area contributed by atoms with Gasteiger partial charge in [-0.05, 0) is 44.5 Å². The number of hydrogen-bond donors (Lipinski definition) is 3. The summed E-state index contributed by atoms with van der Waals surface area (Å²) in [4.78, 5) is 23.2. The summed E-state index contributed by atoms with van der Waals surface area (Å²) in [5, 5.41) is 8.69. The minimum atomic E-state index is -0.594.